The van der Waals surface area contributed by atoms with E-state index in [2.05, 4.69) is 29.5 Å². The van der Waals surface area contributed by atoms with E-state index in [4.69, 9.17) is 21.1 Å². The number of halogens is 2. The van der Waals surface area contributed by atoms with Gasteiger partial charge in [0.15, 0.2) is 5.69 Å². The number of amides is 2. The van der Waals surface area contributed by atoms with Crippen molar-refractivity contribution < 1.29 is 19.1 Å². The molecule has 2 aliphatic heterocycles. The van der Waals surface area contributed by atoms with Crippen LogP contribution in [0.1, 0.15) is 49.3 Å². The van der Waals surface area contributed by atoms with Crippen molar-refractivity contribution in [1.29, 1.82) is 0 Å². The van der Waals surface area contributed by atoms with Gasteiger partial charge in [0.2, 0.25) is 5.91 Å². The highest BCUT2D eigenvalue weighted by atomic mass is 35.5. The number of carbonyl (C=O) groups excluding carboxylic acids is 2. The van der Waals surface area contributed by atoms with E-state index in [1.165, 1.54) is 0 Å². The number of ether oxygens (including phenoxy) is 2. The number of hydrogen-bond acceptors (Lipinski definition) is 7. The molecule has 2 fully saturated rings. The number of carbonyl (C=O) groups is 2. The third-order valence-corrected chi connectivity index (χ3v) is 7.56. The molecule has 0 spiro atoms. The van der Waals surface area contributed by atoms with Gasteiger partial charge in [-0.1, -0.05) is 30.7 Å². The third kappa shape index (κ3) is 8.16. The predicted molar refractivity (Wildman–Crippen MR) is 156 cm³/mol. The molecule has 0 aliphatic carbocycles. The van der Waals surface area contributed by atoms with Gasteiger partial charge in [0.1, 0.15) is 0 Å². The summed E-state index contributed by atoms with van der Waals surface area (Å²) in [5.41, 5.74) is 1.94. The maximum absolute atomic E-state index is 14.2. The molecular weight excluding hydrogens is 555 g/mol. The first-order valence-electron chi connectivity index (χ1n) is 14.0. The monoisotopic (exact) mass is 596 g/mol. The fourth-order valence-electron chi connectivity index (χ4n) is 5.33. The lowest BCUT2D eigenvalue weighted by Crippen LogP contribution is -2.56. The Bertz CT molecular complexity index is 1090. The van der Waals surface area contributed by atoms with Gasteiger partial charge in [-0.2, -0.15) is 0 Å². The summed E-state index contributed by atoms with van der Waals surface area (Å²) in [6.45, 7) is 9.06. The molecule has 222 valence electrons. The van der Waals surface area contributed by atoms with Gasteiger partial charge in [-0.3, -0.25) is 9.59 Å². The zero-order valence-corrected chi connectivity index (χ0v) is 25.3. The van der Waals surface area contributed by atoms with Crippen molar-refractivity contribution in [2.75, 3.05) is 59.7 Å². The maximum Gasteiger partial charge on any atom is 0.276 e. The van der Waals surface area contributed by atoms with Crippen LogP contribution in [0.3, 0.4) is 0 Å². The van der Waals surface area contributed by atoms with Gasteiger partial charge in [0.25, 0.3) is 5.91 Å². The highest BCUT2D eigenvalue weighted by molar-refractivity contribution is 6.30. The van der Waals surface area contributed by atoms with Crippen molar-refractivity contribution in [3.8, 4) is 5.69 Å². The smallest absolute Gasteiger partial charge is 0.276 e. The molecule has 0 radical (unpaired) electrons. The van der Waals surface area contributed by atoms with Crippen molar-refractivity contribution in [3.63, 3.8) is 0 Å². The SMILES string of the molecule is COCCCCc1c(C(=O)N(CC(C)C)[C@@H]2CNC[C@H](C(=O)N3CCOCC3)C2)nnn1-c1ccc(Cl)cc1.Cl. The number of morpholine rings is 1. The van der Waals surface area contributed by atoms with Crippen LogP contribution in [0.25, 0.3) is 5.69 Å². The summed E-state index contributed by atoms with van der Waals surface area (Å²) < 4.78 is 12.4. The first-order valence-corrected chi connectivity index (χ1v) is 14.3. The summed E-state index contributed by atoms with van der Waals surface area (Å²) in [5, 5.41) is 12.9. The average Bonchev–Trinajstić information content (AvgIpc) is 3.38. The molecule has 0 unspecified atom stereocenters. The summed E-state index contributed by atoms with van der Waals surface area (Å²) in [6, 6.07) is 7.25. The van der Waals surface area contributed by atoms with E-state index < -0.39 is 0 Å². The van der Waals surface area contributed by atoms with Crippen molar-refractivity contribution in [1.82, 2.24) is 30.1 Å². The molecule has 40 heavy (non-hydrogen) atoms. The fraction of sp³-hybridized carbons (Fsp3) is 0.643. The molecule has 2 saturated heterocycles. The van der Waals surface area contributed by atoms with E-state index in [1.807, 2.05) is 21.9 Å². The van der Waals surface area contributed by atoms with Crippen LogP contribution in [0.2, 0.25) is 5.02 Å². The van der Waals surface area contributed by atoms with Gasteiger partial charge >= 0.3 is 0 Å². The van der Waals surface area contributed by atoms with E-state index in [1.54, 1.807) is 23.9 Å². The topological polar surface area (TPSA) is 102 Å². The molecule has 2 amide bonds. The van der Waals surface area contributed by atoms with Gasteiger partial charge in [-0.25, -0.2) is 4.68 Å². The second-order valence-electron chi connectivity index (χ2n) is 10.8. The van der Waals surface area contributed by atoms with Crippen molar-refractivity contribution >= 4 is 35.8 Å². The molecule has 10 nitrogen and oxygen atoms in total. The summed E-state index contributed by atoms with van der Waals surface area (Å²) in [4.78, 5) is 31.3. The number of unbranched alkanes of at least 4 members (excludes halogenated alkanes) is 1. The van der Waals surface area contributed by atoms with Crippen LogP contribution in [0.15, 0.2) is 24.3 Å². The molecule has 0 bridgehead atoms. The van der Waals surface area contributed by atoms with Crippen LogP contribution in [0, 0.1) is 11.8 Å². The zero-order valence-electron chi connectivity index (χ0n) is 23.7. The molecule has 2 aromatic rings. The Morgan fingerprint density at radius 1 is 1.18 bits per heavy atom. The minimum absolute atomic E-state index is 0. The molecular formula is C28H42Cl2N6O4. The molecule has 12 heteroatoms. The van der Waals surface area contributed by atoms with Gasteiger partial charge in [-0.05, 0) is 55.9 Å². The second kappa shape index (κ2) is 15.7. The molecule has 1 aromatic carbocycles. The number of hydrogen-bond donors (Lipinski definition) is 1. The number of aromatic nitrogens is 3. The Kier molecular flexibility index (Phi) is 12.6. The highest BCUT2D eigenvalue weighted by Crippen LogP contribution is 2.24. The van der Waals surface area contributed by atoms with Gasteiger partial charge in [0.05, 0.1) is 30.5 Å². The number of piperidine rings is 1. The van der Waals surface area contributed by atoms with Crippen LogP contribution in [-0.4, -0.2) is 102 Å². The quantitative estimate of drug-likeness (QED) is 0.397. The van der Waals surface area contributed by atoms with Crippen molar-refractivity contribution in [2.24, 2.45) is 11.8 Å². The predicted octanol–water partition coefficient (Wildman–Crippen LogP) is 3.25. The molecule has 3 heterocycles. The molecule has 2 aliphatic rings. The Hall–Kier alpha value is -2.24. The lowest BCUT2D eigenvalue weighted by atomic mass is 9.92. The molecule has 4 rings (SSSR count). The standard InChI is InChI=1S/C28H41ClN6O4.ClH/c1-20(2)19-34(24-16-21(17-30-18-24)27(36)33-11-14-39-15-12-33)28(37)26-25(6-4-5-13-38-3)35(32-31-26)23-9-7-22(29)8-10-23;/h7-10,20-21,24,30H,4-6,11-19H2,1-3H3;1H/t21-,24+;/m1./s1. The first kappa shape index (κ1) is 32.3. The number of rotatable bonds is 11. The molecule has 0 saturated carbocycles. The summed E-state index contributed by atoms with van der Waals surface area (Å²) in [6.07, 6.45) is 2.96. The van der Waals surface area contributed by atoms with Crippen LogP contribution >= 0.6 is 24.0 Å². The average molecular weight is 598 g/mol. The lowest BCUT2D eigenvalue weighted by Gasteiger charge is -2.40. The van der Waals surface area contributed by atoms with Crippen molar-refractivity contribution in [2.45, 2.75) is 45.6 Å². The molecule has 2 atom stereocenters. The Labute approximate surface area is 248 Å². The molecule has 1 N–H and O–H groups in total. The lowest BCUT2D eigenvalue weighted by molar-refractivity contribution is -0.140. The largest absolute Gasteiger partial charge is 0.385 e. The minimum atomic E-state index is -0.178. The van der Waals surface area contributed by atoms with E-state index in [9.17, 15) is 9.59 Å². The summed E-state index contributed by atoms with van der Waals surface area (Å²) in [5.74, 6) is 0.0696. The van der Waals surface area contributed by atoms with Crippen molar-refractivity contribution in [3.05, 3.63) is 40.7 Å². The zero-order chi connectivity index (χ0) is 27.8. The van der Waals surface area contributed by atoms with Crippen LogP contribution in [0.5, 0.6) is 0 Å². The molecule has 1 aromatic heterocycles. The van der Waals surface area contributed by atoms with E-state index in [-0.39, 0.29) is 42.1 Å². The van der Waals surface area contributed by atoms with Crippen LogP contribution in [-0.2, 0) is 20.7 Å². The third-order valence-electron chi connectivity index (χ3n) is 7.31. The van der Waals surface area contributed by atoms with E-state index in [0.717, 1.165) is 24.2 Å². The Morgan fingerprint density at radius 3 is 2.58 bits per heavy atom. The van der Waals surface area contributed by atoms with E-state index >= 15 is 0 Å². The summed E-state index contributed by atoms with van der Waals surface area (Å²) >= 11 is 6.11. The summed E-state index contributed by atoms with van der Waals surface area (Å²) in [7, 11) is 1.69. The Morgan fingerprint density at radius 2 is 1.90 bits per heavy atom. The minimum Gasteiger partial charge on any atom is -0.385 e. The van der Waals surface area contributed by atoms with E-state index in [0.29, 0.717) is 76.1 Å². The second-order valence-corrected chi connectivity index (χ2v) is 11.2. The van der Waals surface area contributed by atoms with Gasteiger partial charge in [0, 0.05) is 57.5 Å². The van der Waals surface area contributed by atoms with Crippen LogP contribution in [0.4, 0.5) is 0 Å². The number of nitrogens with zero attached hydrogens (tertiary/aromatic N) is 5. The van der Waals surface area contributed by atoms with Crippen LogP contribution < -0.4 is 5.32 Å². The highest BCUT2D eigenvalue weighted by Gasteiger charge is 2.37. The Balaban J connectivity index is 0.00000441. The normalized spacial score (nSPS) is 19.4. The first-order chi connectivity index (χ1) is 18.9. The number of benzene rings is 1. The fourth-order valence-corrected chi connectivity index (χ4v) is 5.46. The number of methoxy groups -OCH3 is 1. The number of nitrogens with one attached hydrogen (secondary N) is 1. The van der Waals surface area contributed by atoms with Gasteiger partial charge < -0.3 is 24.6 Å². The van der Waals surface area contributed by atoms with Gasteiger partial charge in [-0.15, -0.1) is 17.5 Å². The maximum atomic E-state index is 14.2.